The van der Waals surface area contributed by atoms with Crippen molar-refractivity contribution >= 4 is 40.0 Å². The second-order valence-corrected chi connectivity index (χ2v) is 3.08. The molecule has 0 aliphatic heterocycles. The van der Waals surface area contributed by atoms with Crippen LogP contribution in [0, 0.1) is 3.57 Å². The fraction of sp³-hybridized carbons (Fsp3) is 0. The van der Waals surface area contributed by atoms with E-state index in [-0.39, 0.29) is 0 Å². The predicted octanol–water partition coefficient (Wildman–Crippen LogP) is 1.84. The van der Waals surface area contributed by atoms with Crippen molar-refractivity contribution in [2.75, 3.05) is 5.73 Å². The molecule has 0 amide bonds. The maximum absolute atomic E-state index is 9.89. The zero-order valence-corrected chi connectivity index (χ0v) is 7.70. The van der Waals surface area contributed by atoms with Crippen LogP contribution < -0.4 is 5.73 Å². The van der Waals surface area contributed by atoms with Crippen molar-refractivity contribution in [1.82, 2.24) is 0 Å². The Balaban J connectivity index is 3.19. The summed E-state index contributed by atoms with van der Waals surface area (Å²) in [5.41, 5.74) is 6.75. The van der Waals surface area contributed by atoms with Crippen LogP contribution in [0.15, 0.2) is 23.2 Å². The van der Waals surface area contributed by atoms with Gasteiger partial charge in [-0.25, -0.2) is 4.79 Å². The number of nitrogen functional groups attached to an aromatic ring is 1. The van der Waals surface area contributed by atoms with Crippen molar-refractivity contribution < 1.29 is 4.79 Å². The van der Waals surface area contributed by atoms with Gasteiger partial charge >= 0.3 is 0 Å². The van der Waals surface area contributed by atoms with Gasteiger partial charge < -0.3 is 5.73 Å². The van der Waals surface area contributed by atoms with Crippen molar-refractivity contribution in [3.05, 3.63) is 21.8 Å². The highest BCUT2D eigenvalue weighted by molar-refractivity contribution is 14.1. The second-order valence-electron chi connectivity index (χ2n) is 1.91. The molecule has 56 valence electrons. The van der Waals surface area contributed by atoms with Crippen LogP contribution in [0.25, 0.3) is 0 Å². The van der Waals surface area contributed by atoms with Gasteiger partial charge in [0.05, 0.1) is 5.69 Å². The van der Waals surface area contributed by atoms with E-state index >= 15 is 0 Å². The summed E-state index contributed by atoms with van der Waals surface area (Å²) in [6, 6.07) is 5.12. The van der Waals surface area contributed by atoms with Crippen molar-refractivity contribution in [2.45, 2.75) is 0 Å². The van der Waals surface area contributed by atoms with Crippen LogP contribution in [-0.4, -0.2) is 6.08 Å². The Labute approximate surface area is 77.5 Å². The number of hydrogen-bond acceptors (Lipinski definition) is 3. The summed E-state index contributed by atoms with van der Waals surface area (Å²) in [6.45, 7) is 0. The Bertz CT molecular complexity index is 318. The molecule has 1 aromatic carbocycles. The normalized spacial score (nSPS) is 8.82. The predicted molar refractivity (Wildman–Crippen MR) is 51.4 cm³/mol. The molecule has 0 aliphatic carbocycles. The highest BCUT2D eigenvalue weighted by Crippen LogP contribution is 2.22. The molecule has 0 heterocycles. The third kappa shape index (κ3) is 2.03. The first-order valence-corrected chi connectivity index (χ1v) is 3.95. The van der Waals surface area contributed by atoms with Gasteiger partial charge in [-0.1, -0.05) is 0 Å². The van der Waals surface area contributed by atoms with Gasteiger partial charge in [-0.2, -0.15) is 4.99 Å². The third-order valence-electron chi connectivity index (χ3n) is 1.14. The Morgan fingerprint density at radius 2 is 2.27 bits per heavy atom. The van der Waals surface area contributed by atoms with Crippen LogP contribution in [0.2, 0.25) is 0 Å². The summed E-state index contributed by atoms with van der Waals surface area (Å²) >= 11 is 2.06. The smallest absolute Gasteiger partial charge is 0.240 e. The van der Waals surface area contributed by atoms with Gasteiger partial charge in [0.2, 0.25) is 6.08 Å². The van der Waals surface area contributed by atoms with Gasteiger partial charge in [-0.15, -0.1) is 0 Å². The van der Waals surface area contributed by atoms with E-state index in [9.17, 15) is 4.79 Å². The fourth-order valence-corrected chi connectivity index (χ4v) is 1.32. The van der Waals surface area contributed by atoms with Crippen molar-refractivity contribution in [3.63, 3.8) is 0 Å². The minimum absolute atomic E-state index is 0.606. The van der Waals surface area contributed by atoms with E-state index in [1.54, 1.807) is 18.2 Å². The molecule has 0 aromatic heterocycles. The number of nitrogens with zero attached hydrogens (tertiary/aromatic N) is 1. The lowest BCUT2D eigenvalue weighted by atomic mass is 10.3. The Morgan fingerprint density at radius 1 is 1.55 bits per heavy atom. The molecule has 0 saturated heterocycles. The van der Waals surface area contributed by atoms with Gasteiger partial charge in [0.25, 0.3) is 0 Å². The highest BCUT2D eigenvalue weighted by atomic mass is 127. The zero-order chi connectivity index (χ0) is 8.27. The molecule has 0 aliphatic rings. The molecule has 0 bridgehead atoms. The van der Waals surface area contributed by atoms with Crippen molar-refractivity contribution in [3.8, 4) is 0 Å². The lowest BCUT2D eigenvalue weighted by Gasteiger charge is -1.96. The number of nitrogens with two attached hydrogens (primary N) is 1. The minimum atomic E-state index is 0.606. The number of benzene rings is 1. The van der Waals surface area contributed by atoms with E-state index in [4.69, 9.17) is 5.73 Å². The minimum Gasteiger partial charge on any atom is -0.399 e. The molecule has 0 saturated carbocycles. The van der Waals surface area contributed by atoms with Gasteiger partial charge in [0.1, 0.15) is 0 Å². The summed E-state index contributed by atoms with van der Waals surface area (Å²) in [5, 5.41) is 0. The number of aliphatic imine (C=N–C) groups is 1. The van der Waals surface area contributed by atoms with Crippen LogP contribution >= 0.6 is 22.6 Å². The first-order chi connectivity index (χ1) is 5.24. The average molecular weight is 260 g/mol. The largest absolute Gasteiger partial charge is 0.399 e. The topological polar surface area (TPSA) is 55.4 Å². The molecule has 0 spiro atoms. The number of hydrogen-bond donors (Lipinski definition) is 1. The van der Waals surface area contributed by atoms with Crippen LogP contribution in [0.4, 0.5) is 11.4 Å². The maximum Gasteiger partial charge on any atom is 0.240 e. The van der Waals surface area contributed by atoms with Crippen LogP contribution in [-0.2, 0) is 4.79 Å². The summed E-state index contributed by atoms with van der Waals surface area (Å²) in [5.74, 6) is 0. The molecular weight excluding hydrogens is 255 g/mol. The van der Waals surface area contributed by atoms with Crippen LogP contribution in [0.5, 0.6) is 0 Å². The first kappa shape index (κ1) is 8.23. The van der Waals surface area contributed by atoms with E-state index in [1.165, 1.54) is 6.08 Å². The third-order valence-corrected chi connectivity index (χ3v) is 2.00. The molecule has 11 heavy (non-hydrogen) atoms. The summed E-state index contributed by atoms with van der Waals surface area (Å²) in [6.07, 6.45) is 1.47. The molecule has 3 nitrogen and oxygen atoms in total. The summed E-state index contributed by atoms with van der Waals surface area (Å²) < 4.78 is 0.853. The summed E-state index contributed by atoms with van der Waals surface area (Å²) in [7, 11) is 0. The first-order valence-electron chi connectivity index (χ1n) is 2.87. The van der Waals surface area contributed by atoms with Crippen molar-refractivity contribution in [2.24, 2.45) is 4.99 Å². The van der Waals surface area contributed by atoms with Crippen LogP contribution in [0.3, 0.4) is 0 Å². The van der Waals surface area contributed by atoms with E-state index in [0.717, 1.165) is 3.57 Å². The van der Waals surface area contributed by atoms with E-state index in [2.05, 4.69) is 27.6 Å². The number of halogens is 1. The van der Waals surface area contributed by atoms with E-state index < -0.39 is 0 Å². The second kappa shape index (κ2) is 3.50. The number of isocyanates is 1. The van der Waals surface area contributed by atoms with Crippen molar-refractivity contribution in [1.29, 1.82) is 0 Å². The lowest BCUT2D eigenvalue weighted by molar-refractivity contribution is 0.565. The SMILES string of the molecule is Nc1ccc(N=C=O)c(I)c1. The Morgan fingerprint density at radius 3 is 2.82 bits per heavy atom. The average Bonchev–Trinajstić information content (AvgIpc) is 1.95. The van der Waals surface area contributed by atoms with E-state index in [0.29, 0.717) is 11.4 Å². The monoisotopic (exact) mass is 260 g/mol. The molecule has 4 heteroatoms. The quantitative estimate of drug-likeness (QED) is 0.362. The highest BCUT2D eigenvalue weighted by Gasteiger charge is 1.96. The Kier molecular flexibility index (Phi) is 2.62. The molecule has 2 N–H and O–H groups in total. The Hall–Kier alpha value is -0.870. The molecule has 0 radical (unpaired) electrons. The number of rotatable bonds is 1. The lowest BCUT2D eigenvalue weighted by Crippen LogP contribution is -1.84. The van der Waals surface area contributed by atoms with E-state index in [1.807, 2.05) is 0 Å². The van der Waals surface area contributed by atoms with Gasteiger partial charge in [0.15, 0.2) is 0 Å². The zero-order valence-electron chi connectivity index (χ0n) is 5.54. The number of carbonyl (C=O) groups excluding carboxylic acids is 1. The van der Waals surface area contributed by atoms with Crippen LogP contribution in [0.1, 0.15) is 0 Å². The number of anilines is 1. The molecule has 1 aromatic rings. The molecule has 0 atom stereocenters. The molecule has 0 fully saturated rings. The fourth-order valence-electron chi connectivity index (χ4n) is 0.663. The van der Waals surface area contributed by atoms with Gasteiger partial charge in [0, 0.05) is 9.26 Å². The molecule has 1 rings (SSSR count). The summed E-state index contributed by atoms with van der Waals surface area (Å²) in [4.78, 5) is 13.4. The molecule has 0 unspecified atom stereocenters. The maximum atomic E-state index is 9.89. The van der Waals surface area contributed by atoms with Gasteiger partial charge in [-0.05, 0) is 40.8 Å². The standard InChI is InChI=1S/C7H5IN2O/c8-6-3-5(9)1-2-7(6)10-4-11/h1-3H,9H2. The van der Waals surface area contributed by atoms with Gasteiger partial charge in [-0.3, -0.25) is 0 Å². The molecular formula is C7H5IN2O.